The van der Waals surface area contributed by atoms with Gasteiger partial charge in [-0.2, -0.15) is 0 Å². The van der Waals surface area contributed by atoms with Gasteiger partial charge in [0, 0.05) is 43.4 Å². The third-order valence-electron chi connectivity index (χ3n) is 4.64. The zero-order valence-corrected chi connectivity index (χ0v) is 16.2. The normalized spacial score (nSPS) is 13.8. The van der Waals surface area contributed by atoms with Crippen molar-refractivity contribution in [1.82, 2.24) is 14.9 Å². The van der Waals surface area contributed by atoms with Crippen molar-refractivity contribution >= 4 is 11.9 Å². The Morgan fingerprint density at radius 3 is 2.59 bits per heavy atom. The minimum atomic E-state index is -0.260. The number of nitrogens with zero attached hydrogens (tertiary/aromatic N) is 3. The van der Waals surface area contributed by atoms with E-state index < -0.39 is 0 Å². The number of aromatic hydroxyl groups is 2. The molecule has 0 saturated carbocycles. The molecule has 1 aliphatic heterocycles. The first-order valence-electron chi connectivity index (χ1n) is 9.22. The van der Waals surface area contributed by atoms with E-state index in [1.54, 1.807) is 17.2 Å². The van der Waals surface area contributed by atoms with Gasteiger partial charge >= 0.3 is 0 Å². The molecule has 0 fully saturated rings. The Kier molecular flexibility index (Phi) is 5.21. The summed E-state index contributed by atoms with van der Waals surface area (Å²) in [6, 6.07) is 3.07. The van der Waals surface area contributed by atoms with Gasteiger partial charge in [0.1, 0.15) is 11.5 Å². The SMILES string of the molecule is CC(C)Nc1ncc2c(n1)CCN(C(=O)c1cc(C(C)C)c(O)cc1O)C2. The highest BCUT2D eigenvalue weighted by Crippen LogP contribution is 2.33. The van der Waals surface area contributed by atoms with Gasteiger partial charge in [0.15, 0.2) is 0 Å². The Labute approximate surface area is 159 Å². The van der Waals surface area contributed by atoms with Crippen LogP contribution in [0.1, 0.15) is 60.8 Å². The number of anilines is 1. The van der Waals surface area contributed by atoms with Crippen molar-refractivity contribution < 1.29 is 15.0 Å². The second kappa shape index (κ2) is 7.42. The zero-order valence-electron chi connectivity index (χ0n) is 16.2. The topological polar surface area (TPSA) is 98.6 Å². The van der Waals surface area contributed by atoms with E-state index in [4.69, 9.17) is 0 Å². The second-order valence-electron chi connectivity index (χ2n) is 7.52. The summed E-state index contributed by atoms with van der Waals surface area (Å²) in [5.41, 5.74) is 2.70. The lowest BCUT2D eigenvalue weighted by Crippen LogP contribution is -2.36. The van der Waals surface area contributed by atoms with E-state index in [-0.39, 0.29) is 34.9 Å². The van der Waals surface area contributed by atoms with Crippen LogP contribution in [0.4, 0.5) is 5.95 Å². The number of benzene rings is 1. The van der Waals surface area contributed by atoms with Gasteiger partial charge in [-0.15, -0.1) is 0 Å². The van der Waals surface area contributed by atoms with E-state index in [1.165, 1.54) is 6.07 Å². The molecule has 3 N–H and O–H groups in total. The fraction of sp³-hybridized carbons (Fsp3) is 0.450. The molecule has 1 aliphatic rings. The summed E-state index contributed by atoms with van der Waals surface area (Å²) >= 11 is 0. The third kappa shape index (κ3) is 3.97. The van der Waals surface area contributed by atoms with E-state index in [1.807, 2.05) is 27.7 Å². The van der Waals surface area contributed by atoms with Crippen molar-refractivity contribution in [2.24, 2.45) is 0 Å². The molecule has 7 nitrogen and oxygen atoms in total. The molecule has 2 heterocycles. The second-order valence-corrected chi connectivity index (χ2v) is 7.52. The molecule has 1 aromatic carbocycles. The molecule has 0 aliphatic carbocycles. The first kappa shape index (κ1) is 18.9. The standard InChI is InChI=1S/C20H26N4O3/c1-11(2)14-7-15(18(26)8-17(14)25)19(27)24-6-5-16-13(10-24)9-21-20(23-16)22-12(3)4/h7-9,11-12,25-26H,5-6,10H2,1-4H3,(H,21,22,23). The van der Waals surface area contributed by atoms with Crippen LogP contribution in [-0.2, 0) is 13.0 Å². The molecule has 144 valence electrons. The number of aromatic nitrogens is 2. The quantitative estimate of drug-likeness (QED) is 0.765. The highest BCUT2D eigenvalue weighted by molar-refractivity contribution is 5.97. The van der Waals surface area contributed by atoms with Gasteiger partial charge in [0.25, 0.3) is 5.91 Å². The highest BCUT2D eigenvalue weighted by Gasteiger charge is 2.26. The maximum absolute atomic E-state index is 13.0. The molecule has 7 heteroatoms. The number of hydrogen-bond donors (Lipinski definition) is 3. The number of fused-ring (bicyclic) bond motifs is 1. The Morgan fingerprint density at radius 1 is 1.19 bits per heavy atom. The Hall–Kier alpha value is -2.83. The van der Waals surface area contributed by atoms with Crippen LogP contribution in [-0.4, -0.2) is 43.6 Å². The molecular weight excluding hydrogens is 344 g/mol. The molecule has 27 heavy (non-hydrogen) atoms. The van der Waals surface area contributed by atoms with Gasteiger partial charge in [0.2, 0.25) is 5.95 Å². The molecule has 0 spiro atoms. The predicted octanol–water partition coefficient (Wildman–Crippen LogP) is 3.03. The Morgan fingerprint density at radius 2 is 1.93 bits per heavy atom. The number of carbonyl (C=O) groups excluding carboxylic acids is 1. The van der Waals surface area contributed by atoms with Gasteiger partial charge in [0.05, 0.1) is 11.3 Å². The van der Waals surface area contributed by atoms with Crippen LogP contribution in [0.15, 0.2) is 18.3 Å². The van der Waals surface area contributed by atoms with Gasteiger partial charge in [-0.1, -0.05) is 13.8 Å². The summed E-state index contributed by atoms with van der Waals surface area (Å²) in [4.78, 5) is 23.5. The lowest BCUT2D eigenvalue weighted by Gasteiger charge is -2.29. The van der Waals surface area contributed by atoms with Crippen molar-refractivity contribution in [2.75, 3.05) is 11.9 Å². The number of amides is 1. The molecule has 1 amide bonds. The highest BCUT2D eigenvalue weighted by atomic mass is 16.3. The van der Waals surface area contributed by atoms with Crippen molar-refractivity contribution in [3.8, 4) is 11.5 Å². The van der Waals surface area contributed by atoms with E-state index >= 15 is 0 Å². The molecule has 0 radical (unpaired) electrons. The Balaban J connectivity index is 1.83. The maximum atomic E-state index is 13.0. The number of nitrogens with one attached hydrogen (secondary N) is 1. The van der Waals surface area contributed by atoms with Crippen LogP contribution in [0.2, 0.25) is 0 Å². The monoisotopic (exact) mass is 370 g/mol. The summed E-state index contributed by atoms with van der Waals surface area (Å²) in [5, 5.41) is 23.3. The average Bonchev–Trinajstić information content (AvgIpc) is 2.60. The molecule has 3 rings (SSSR count). The fourth-order valence-electron chi connectivity index (χ4n) is 3.22. The van der Waals surface area contributed by atoms with Gasteiger partial charge in [-0.25, -0.2) is 9.97 Å². The van der Waals surface area contributed by atoms with Crippen molar-refractivity contribution in [2.45, 2.75) is 52.6 Å². The first-order chi connectivity index (χ1) is 12.8. The lowest BCUT2D eigenvalue weighted by atomic mass is 9.97. The smallest absolute Gasteiger partial charge is 0.257 e. The zero-order chi connectivity index (χ0) is 19.7. The van der Waals surface area contributed by atoms with E-state index in [2.05, 4.69) is 15.3 Å². The van der Waals surface area contributed by atoms with Gasteiger partial charge < -0.3 is 20.4 Å². The van der Waals surface area contributed by atoms with Crippen LogP contribution in [0.25, 0.3) is 0 Å². The van der Waals surface area contributed by atoms with Gasteiger partial charge in [-0.3, -0.25) is 4.79 Å². The summed E-state index contributed by atoms with van der Waals surface area (Å²) < 4.78 is 0. The molecule has 1 aromatic heterocycles. The summed E-state index contributed by atoms with van der Waals surface area (Å²) in [6.07, 6.45) is 2.38. The minimum Gasteiger partial charge on any atom is -0.508 e. The average molecular weight is 370 g/mol. The van der Waals surface area contributed by atoms with E-state index in [9.17, 15) is 15.0 Å². The van der Waals surface area contributed by atoms with Crippen LogP contribution >= 0.6 is 0 Å². The number of phenolic OH excluding ortho intramolecular Hbond substituents is 2. The molecular formula is C20H26N4O3. The summed E-state index contributed by atoms with van der Waals surface area (Å²) in [5.74, 6) is 0.173. The number of rotatable bonds is 4. The fourth-order valence-corrected chi connectivity index (χ4v) is 3.22. The number of hydrogen-bond acceptors (Lipinski definition) is 6. The maximum Gasteiger partial charge on any atom is 0.257 e. The number of phenols is 2. The summed E-state index contributed by atoms with van der Waals surface area (Å²) in [6.45, 7) is 8.82. The Bertz CT molecular complexity index is 865. The molecule has 2 aromatic rings. The van der Waals surface area contributed by atoms with Crippen molar-refractivity contribution in [3.05, 3.63) is 40.7 Å². The van der Waals surface area contributed by atoms with Crippen LogP contribution in [0.3, 0.4) is 0 Å². The molecule has 0 unspecified atom stereocenters. The van der Waals surface area contributed by atoms with Gasteiger partial charge in [-0.05, 0) is 31.4 Å². The van der Waals surface area contributed by atoms with E-state index in [0.717, 1.165) is 11.3 Å². The van der Waals surface area contributed by atoms with E-state index in [0.29, 0.717) is 31.0 Å². The predicted molar refractivity (Wildman–Crippen MR) is 103 cm³/mol. The van der Waals surface area contributed by atoms with Crippen LogP contribution < -0.4 is 5.32 Å². The minimum absolute atomic E-state index is 0.00150. The van der Waals surface area contributed by atoms with Crippen molar-refractivity contribution in [1.29, 1.82) is 0 Å². The molecule has 0 atom stereocenters. The first-order valence-corrected chi connectivity index (χ1v) is 9.22. The molecule has 0 saturated heterocycles. The van der Waals surface area contributed by atoms with Crippen LogP contribution in [0.5, 0.6) is 11.5 Å². The largest absolute Gasteiger partial charge is 0.508 e. The lowest BCUT2D eigenvalue weighted by molar-refractivity contribution is 0.0730. The third-order valence-corrected chi connectivity index (χ3v) is 4.64. The number of carbonyl (C=O) groups is 1. The van der Waals surface area contributed by atoms with Crippen molar-refractivity contribution in [3.63, 3.8) is 0 Å². The summed E-state index contributed by atoms with van der Waals surface area (Å²) in [7, 11) is 0. The molecule has 0 bridgehead atoms. The van der Waals surface area contributed by atoms with Crippen LogP contribution in [0, 0.1) is 0 Å².